The molecular weight excluding hydrogens is 325 g/mol. The highest BCUT2D eigenvalue weighted by Crippen LogP contribution is 2.30. The van der Waals surface area contributed by atoms with Gasteiger partial charge in [-0.3, -0.25) is 0 Å². The van der Waals surface area contributed by atoms with Crippen molar-refractivity contribution >= 4 is 27.7 Å². The highest BCUT2D eigenvalue weighted by atomic mass is 79.9. The normalized spacial score (nSPS) is 20.7. The lowest BCUT2D eigenvalue weighted by molar-refractivity contribution is 0.481. The standard InChI is InChI=1S/C15H21BrFNS/c1-2-7-18-14(15-4-3-8-19-15)10-11-5-6-13(17)12(16)9-11/h5-6,9,14-15,18H,2-4,7-8,10H2,1H3. The molecule has 2 rings (SSSR count). The van der Waals surface area contributed by atoms with Gasteiger partial charge in [-0.2, -0.15) is 11.8 Å². The quantitative estimate of drug-likeness (QED) is 0.820. The summed E-state index contributed by atoms with van der Waals surface area (Å²) in [6.45, 7) is 3.25. The molecule has 4 heteroatoms. The Morgan fingerprint density at radius 3 is 3.00 bits per heavy atom. The minimum atomic E-state index is -0.183. The maximum absolute atomic E-state index is 13.3. The third kappa shape index (κ3) is 4.47. The van der Waals surface area contributed by atoms with E-state index in [-0.39, 0.29) is 5.82 Å². The lowest BCUT2D eigenvalue weighted by Crippen LogP contribution is -2.39. The van der Waals surface area contributed by atoms with E-state index in [0.717, 1.165) is 19.4 Å². The fraction of sp³-hybridized carbons (Fsp3) is 0.600. The summed E-state index contributed by atoms with van der Waals surface area (Å²) in [4.78, 5) is 0. The maximum atomic E-state index is 13.3. The summed E-state index contributed by atoms with van der Waals surface area (Å²) < 4.78 is 13.8. The Labute approximate surface area is 127 Å². The van der Waals surface area contributed by atoms with Gasteiger partial charge in [-0.1, -0.05) is 13.0 Å². The summed E-state index contributed by atoms with van der Waals surface area (Å²) in [6, 6.07) is 5.87. The molecule has 1 nitrogen and oxygen atoms in total. The third-order valence-electron chi connectivity index (χ3n) is 3.51. The highest BCUT2D eigenvalue weighted by Gasteiger charge is 2.25. The van der Waals surface area contributed by atoms with Crippen LogP contribution in [-0.4, -0.2) is 23.6 Å². The number of thioether (sulfide) groups is 1. The average Bonchev–Trinajstić information content (AvgIpc) is 2.92. The fourth-order valence-corrected chi connectivity index (χ4v) is 4.33. The molecule has 1 aromatic rings. The van der Waals surface area contributed by atoms with Gasteiger partial charge in [0.05, 0.1) is 4.47 Å². The number of rotatable bonds is 6. The van der Waals surface area contributed by atoms with Crippen LogP contribution in [0.3, 0.4) is 0 Å². The minimum Gasteiger partial charge on any atom is -0.313 e. The van der Waals surface area contributed by atoms with Crippen molar-refractivity contribution in [3.63, 3.8) is 0 Å². The van der Waals surface area contributed by atoms with Crippen molar-refractivity contribution in [1.29, 1.82) is 0 Å². The number of nitrogens with one attached hydrogen (secondary N) is 1. The molecule has 1 heterocycles. The van der Waals surface area contributed by atoms with Gasteiger partial charge in [0.25, 0.3) is 0 Å². The van der Waals surface area contributed by atoms with E-state index in [4.69, 9.17) is 0 Å². The van der Waals surface area contributed by atoms with E-state index in [2.05, 4.69) is 39.9 Å². The van der Waals surface area contributed by atoms with Gasteiger partial charge in [0.15, 0.2) is 0 Å². The Hall–Kier alpha value is -0.0600. The van der Waals surface area contributed by atoms with Gasteiger partial charge < -0.3 is 5.32 Å². The zero-order valence-electron chi connectivity index (χ0n) is 11.3. The first kappa shape index (κ1) is 15.3. The predicted molar refractivity (Wildman–Crippen MR) is 85.4 cm³/mol. The van der Waals surface area contributed by atoms with E-state index in [9.17, 15) is 4.39 Å². The van der Waals surface area contributed by atoms with Crippen molar-refractivity contribution in [2.24, 2.45) is 0 Å². The smallest absolute Gasteiger partial charge is 0.137 e. The topological polar surface area (TPSA) is 12.0 Å². The monoisotopic (exact) mass is 345 g/mol. The van der Waals surface area contributed by atoms with Gasteiger partial charge >= 0.3 is 0 Å². The van der Waals surface area contributed by atoms with Crippen molar-refractivity contribution in [1.82, 2.24) is 5.32 Å². The Morgan fingerprint density at radius 2 is 2.37 bits per heavy atom. The Balaban J connectivity index is 2.03. The lowest BCUT2D eigenvalue weighted by atomic mass is 10.0. The molecule has 2 unspecified atom stereocenters. The molecule has 0 saturated carbocycles. The van der Waals surface area contributed by atoms with Crippen molar-refractivity contribution in [2.75, 3.05) is 12.3 Å². The molecule has 0 aromatic heterocycles. The molecule has 0 spiro atoms. The molecular formula is C15H21BrFNS. The van der Waals surface area contributed by atoms with E-state index in [1.54, 1.807) is 6.07 Å². The molecule has 0 radical (unpaired) electrons. The van der Waals surface area contributed by atoms with E-state index in [1.165, 1.54) is 24.2 Å². The number of benzene rings is 1. The Morgan fingerprint density at radius 1 is 1.53 bits per heavy atom. The summed E-state index contributed by atoms with van der Waals surface area (Å²) in [5.41, 5.74) is 1.20. The van der Waals surface area contributed by atoms with Gasteiger partial charge in [0.1, 0.15) is 5.82 Å². The third-order valence-corrected chi connectivity index (χ3v) is 5.63. The van der Waals surface area contributed by atoms with Gasteiger partial charge in [0, 0.05) is 11.3 Å². The van der Waals surface area contributed by atoms with E-state index in [0.29, 0.717) is 15.8 Å². The van der Waals surface area contributed by atoms with Gasteiger partial charge in [-0.15, -0.1) is 0 Å². The summed E-state index contributed by atoms with van der Waals surface area (Å²) in [7, 11) is 0. The van der Waals surface area contributed by atoms with Crippen LogP contribution in [0.5, 0.6) is 0 Å². The second-order valence-corrected chi connectivity index (χ2v) is 7.27. The maximum Gasteiger partial charge on any atom is 0.137 e. The van der Waals surface area contributed by atoms with E-state index >= 15 is 0 Å². The number of halogens is 2. The Kier molecular flexibility index (Phi) is 6.17. The van der Waals surface area contributed by atoms with Gasteiger partial charge in [0.2, 0.25) is 0 Å². The van der Waals surface area contributed by atoms with Crippen LogP contribution >= 0.6 is 27.7 Å². The summed E-state index contributed by atoms with van der Waals surface area (Å²) >= 11 is 5.35. The highest BCUT2D eigenvalue weighted by molar-refractivity contribution is 9.10. The van der Waals surface area contributed by atoms with E-state index < -0.39 is 0 Å². The molecule has 1 fully saturated rings. The summed E-state index contributed by atoms with van der Waals surface area (Å²) in [5, 5.41) is 4.37. The zero-order valence-corrected chi connectivity index (χ0v) is 13.7. The average molecular weight is 346 g/mol. The second-order valence-electron chi connectivity index (χ2n) is 5.06. The fourth-order valence-electron chi connectivity index (χ4n) is 2.51. The Bertz CT molecular complexity index is 407. The van der Waals surface area contributed by atoms with Crippen molar-refractivity contribution < 1.29 is 4.39 Å². The largest absolute Gasteiger partial charge is 0.313 e. The zero-order chi connectivity index (χ0) is 13.7. The van der Waals surface area contributed by atoms with Crippen LogP contribution in [0.2, 0.25) is 0 Å². The summed E-state index contributed by atoms with van der Waals surface area (Å²) in [6.07, 6.45) is 4.76. The van der Waals surface area contributed by atoms with E-state index in [1.807, 2.05) is 12.1 Å². The lowest BCUT2D eigenvalue weighted by Gasteiger charge is -2.24. The van der Waals surface area contributed by atoms with Crippen LogP contribution in [0.4, 0.5) is 4.39 Å². The van der Waals surface area contributed by atoms with Crippen LogP contribution < -0.4 is 5.32 Å². The van der Waals surface area contributed by atoms with Crippen molar-refractivity contribution in [2.45, 2.75) is 43.9 Å². The van der Waals surface area contributed by atoms with Crippen LogP contribution in [0.15, 0.2) is 22.7 Å². The second kappa shape index (κ2) is 7.65. The van der Waals surface area contributed by atoms with Crippen LogP contribution in [-0.2, 0) is 6.42 Å². The molecule has 1 N–H and O–H groups in total. The van der Waals surface area contributed by atoms with Crippen molar-refractivity contribution in [3.8, 4) is 0 Å². The first-order valence-corrected chi connectivity index (χ1v) is 8.83. The van der Waals surface area contributed by atoms with Gasteiger partial charge in [-0.25, -0.2) is 4.39 Å². The van der Waals surface area contributed by atoms with Gasteiger partial charge in [-0.05, 0) is 71.6 Å². The van der Waals surface area contributed by atoms with Crippen LogP contribution in [0, 0.1) is 5.82 Å². The predicted octanol–water partition coefficient (Wildman–Crippen LogP) is 4.39. The molecule has 106 valence electrons. The molecule has 1 aliphatic rings. The van der Waals surface area contributed by atoms with Crippen LogP contribution in [0.1, 0.15) is 31.7 Å². The summed E-state index contributed by atoms with van der Waals surface area (Å²) in [5.74, 6) is 1.10. The number of hydrogen-bond acceptors (Lipinski definition) is 2. The molecule has 1 aromatic carbocycles. The molecule has 0 bridgehead atoms. The molecule has 1 saturated heterocycles. The SMILES string of the molecule is CCCNC(Cc1ccc(F)c(Br)c1)C1CCCS1. The molecule has 2 atom stereocenters. The molecule has 1 aliphatic heterocycles. The van der Waals surface area contributed by atoms with Crippen LogP contribution in [0.25, 0.3) is 0 Å². The van der Waals surface area contributed by atoms with Crippen molar-refractivity contribution in [3.05, 3.63) is 34.1 Å². The molecule has 19 heavy (non-hydrogen) atoms. The first-order valence-electron chi connectivity index (χ1n) is 6.99. The molecule has 0 amide bonds. The first-order chi connectivity index (χ1) is 9.20. The number of hydrogen-bond donors (Lipinski definition) is 1. The molecule has 0 aliphatic carbocycles. The minimum absolute atomic E-state index is 0.183.